The fourth-order valence-electron chi connectivity index (χ4n) is 1.95. The maximum atomic E-state index is 12.8. The van der Waals surface area contributed by atoms with Crippen LogP contribution in [0, 0.1) is 5.82 Å². The summed E-state index contributed by atoms with van der Waals surface area (Å²) in [5.41, 5.74) is 1.35. The number of fused-ring (bicyclic) bond motifs is 1. The number of hydrogen-bond acceptors (Lipinski definition) is 4. The van der Waals surface area contributed by atoms with Crippen LogP contribution in [0.15, 0.2) is 59.9 Å². The van der Waals surface area contributed by atoms with E-state index in [1.807, 2.05) is 24.3 Å². The van der Waals surface area contributed by atoms with E-state index in [2.05, 4.69) is 9.97 Å². The average molecular weight is 298 g/mol. The lowest BCUT2D eigenvalue weighted by Crippen LogP contribution is -2.02. The molecule has 0 saturated heterocycles. The molecule has 0 N–H and O–H groups in total. The molecule has 0 aliphatic heterocycles. The molecule has 0 amide bonds. The molecule has 1 aromatic heterocycles. The van der Waals surface area contributed by atoms with Gasteiger partial charge in [-0.3, -0.25) is 4.79 Å². The first-order valence-corrected chi connectivity index (χ1v) is 7.34. The largest absolute Gasteiger partial charge is 0.293 e. The summed E-state index contributed by atoms with van der Waals surface area (Å²) < 4.78 is 12.8. The lowest BCUT2D eigenvalue weighted by Gasteiger charge is -2.04. The smallest absolute Gasteiger partial charge is 0.173 e. The van der Waals surface area contributed by atoms with Crippen LogP contribution in [-0.2, 0) is 0 Å². The van der Waals surface area contributed by atoms with Crippen molar-refractivity contribution in [1.29, 1.82) is 0 Å². The van der Waals surface area contributed by atoms with Crippen molar-refractivity contribution in [2.75, 3.05) is 5.75 Å². The Bertz CT molecular complexity index is 784. The van der Waals surface area contributed by atoms with Crippen LogP contribution in [0.1, 0.15) is 10.4 Å². The van der Waals surface area contributed by atoms with Crippen molar-refractivity contribution in [2.45, 2.75) is 5.03 Å². The van der Waals surface area contributed by atoms with Gasteiger partial charge in [-0.2, -0.15) is 0 Å². The minimum atomic E-state index is -0.346. The number of halogens is 1. The van der Waals surface area contributed by atoms with Crippen LogP contribution < -0.4 is 0 Å². The third-order valence-corrected chi connectivity index (χ3v) is 4.02. The van der Waals surface area contributed by atoms with Crippen LogP contribution in [0.25, 0.3) is 10.9 Å². The zero-order valence-electron chi connectivity index (χ0n) is 11.0. The lowest BCUT2D eigenvalue weighted by molar-refractivity contribution is 0.102. The fraction of sp³-hybridized carbons (Fsp3) is 0.0625. The van der Waals surface area contributed by atoms with Gasteiger partial charge in [0.25, 0.3) is 0 Å². The second-order valence-electron chi connectivity index (χ2n) is 4.41. The predicted molar refractivity (Wildman–Crippen MR) is 81.0 cm³/mol. The van der Waals surface area contributed by atoms with Crippen molar-refractivity contribution in [1.82, 2.24) is 9.97 Å². The SMILES string of the molecule is O=C(CSc1ncnc2ccccc12)c1ccc(F)cc1. The monoisotopic (exact) mass is 298 g/mol. The van der Waals surface area contributed by atoms with E-state index >= 15 is 0 Å². The van der Waals surface area contributed by atoms with Crippen LogP contribution in [0.5, 0.6) is 0 Å². The normalized spacial score (nSPS) is 10.7. The zero-order valence-corrected chi connectivity index (χ0v) is 11.8. The Kier molecular flexibility index (Phi) is 3.92. The molecule has 0 bridgehead atoms. The maximum Gasteiger partial charge on any atom is 0.173 e. The summed E-state index contributed by atoms with van der Waals surface area (Å²) in [7, 11) is 0. The van der Waals surface area contributed by atoms with Gasteiger partial charge in [-0.05, 0) is 30.3 Å². The molecule has 0 spiro atoms. The molecule has 0 fully saturated rings. The van der Waals surface area contributed by atoms with Gasteiger partial charge in [0.1, 0.15) is 17.2 Å². The number of ketones is 1. The third-order valence-electron chi connectivity index (χ3n) is 3.01. The Morgan fingerprint density at radius 1 is 1.05 bits per heavy atom. The minimum absolute atomic E-state index is 0.0531. The first-order chi connectivity index (χ1) is 10.2. The van der Waals surface area contributed by atoms with Gasteiger partial charge in [0.2, 0.25) is 0 Å². The summed E-state index contributed by atoms with van der Waals surface area (Å²) in [4.78, 5) is 20.5. The lowest BCUT2D eigenvalue weighted by atomic mass is 10.1. The van der Waals surface area contributed by atoms with Gasteiger partial charge in [0.05, 0.1) is 11.3 Å². The number of benzene rings is 2. The molecule has 1 heterocycles. The van der Waals surface area contributed by atoms with Gasteiger partial charge < -0.3 is 0 Å². The van der Waals surface area contributed by atoms with Gasteiger partial charge in [-0.15, -0.1) is 0 Å². The van der Waals surface area contributed by atoms with E-state index in [-0.39, 0.29) is 17.4 Å². The van der Waals surface area contributed by atoms with E-state index in [1.165, 1.54) is 42.4 Å². The number of nitrogens with zero attached hydrogens (tertiary/aromatic N) is 2. The zero-order chi connectivity index (χ0) is 14.7. The number of carbonyl (C=O) groups is 1. The quantitative estimate of drug-likeness (QED) is 0.418. The number of Topliss-reactive ketones (excluding diaryl/α,β-unsaturated/α-hetero) is 1. The Labute approximate surface area is 125 Å². The number of para-hydroxylation sites is 1. The molecule has 5 heteroatoms. The Morgan fingerprint density at radius 2 is 1.81 bits per heavy atom. The molecule has 0 aliphatic carbocycles. The molecular weight excluding hydrogens is 287 g/mol. The van der Waals surface area contributed by atoms with E-state index in [4.69, 9.17) is 0 Å². The third kappa shape index (κ3) is 3.08. The summed E-state index contributed by atoms with van der Waals surface area (Å²) in [6, 6.07) is 13.2. The molecule has 0 atom stereocenters. The van der Waals surface area contributed by atoms with E-state index < -0.39 is 0 Å². The molecule has 0 saturated carbocycles. The number of rotatable bonds is 4. The summed E-state index contributed by atoms with van der Waals surface area (Å²) in [6.45, 7) is 0. The number of aromatic nitrogens is 2. The fourth-order valence-corrected chi connectivity index (χ4v) is 2.83. The first-order valence-electron chi connectivity index (χ1n) is 6.35. The van der Waals surface area contributed by atoms with Crippen molar-refractivity contribution >= 4 is 28.4 Å². The summed E-state index contributed by atoms with van der Waals surface area (Å²) in [6.07, 6.45) is 1.49. The minimum Gasteiger partial charge on any atom is -0.293 e. The molecule has 3 aromatic rings. The van der Waals surface area contributed by atoms with Crippen molar-refractivity contribution in [3.05, 3.63) is 66.2 Å². The van der Waals surface area contributed by atoms with E-state index in [9.17, 15) is 9.18 Å². The van der Waals surface area contributed by atoms with Crippen molar-refractivity contribution in [2.24, 2.45) is 0 Å². The van der Waals surface area contributed by atoms with Crippen molar-refractivity contribution in [3.63, 3.8) is 0 Å². The standard InChI is InChI=1S/C16H11FN2OS/c17-12-7-5-11(6-8-12)15(20)9-21-16-13-3-1-2-4-14(13)18-10-19-16/h1-8,10H,9H2. The highest BCUT2D eigenvalue weighted by Crippen LogP contribution is 2.24. The second-order valence-corrected chi connectivity index (χ2v) is 5.38. The average Bonchev–Trinajstić information content (AvgIpc) is 2.53. The molecule has 21 heavy (non-hydrogen) atoms. The topological polar surface area (TPSA) is 42.9 Å². The molecule has 2 aromatic carbocycles. The highest BCUT2D eigenvalue weighted by atomic mass is 32.2. The van der Waals surface area contributed by atoms with Crippen LogP contribution in [0.2, 0.25) is 0 Å². The molecule has 3 nitrogen and oxygen atoms in total. The van der Waals surface area contributed by atoms with Gasteiger partial charge in [0.15, 0.2) is 5.78 Å². The van der Waals surface area contributed by atoms with Gasteiger partial charge >= 0.3 is 0 Å². The van der Waals surface area contributed by atoms with Crippen molar-refractivity contribution in [3.8, 4) is 0 Å². The molecule has 104 valence electrons. The first kappa shape index (κ1) is 13.7. The van der Waals surface area contributed by atoms with Gasteiger partial charge in [-0.25, -0.2) is 14.4 Å². The van der Waals surface area contributed by atoms with E-state index in [1.54, 1.807) is 0 Å². The Balaban J connectivity index is 1.77. The molecular formula is C16H11FN2OS. The summed E-state index contributed by atoms with van der Waals surface area (Å²) >= 11 is 1.36. The van der Waals surface area contributed by atoms with Gasteiger partial charge in [0, 0.05) is 10.9 Å². The van der Waals surface area contributed by atoms with E-state index in [0.29, 0.717) is 5.56 Å². The number of thioether (sulfide) groups is 1. The predicted octanol–water partition coefficient (Wildman–Crippen LogP) is 3.74. The van der Waals surface area contributed by atoms with Crippen LogP contribution in [-0.4, -0.2) is 21.5 Å². The highest BCUT2D eigenvalue weighted by Gasteiger charge is 2.09. The summed E-state index contributed by atoms with van der Waals surface area (Å²) in [5, 5.41) is 1.70. The van der Waals surface area contributed by atoms with E-state index in [0.717, 1.165) is 15.9 Å². The summed E-state index contributed by atoms with van der Waals surface area (Å²) in [5.74, 6) is -0.143. The number of hydrogen-bond donors (Lipinski definition) is 0. The molecule has 0 radical (unpaired) electrons. The van der Waals surface area contributed by atoms with Crippen LogP contribution in [0.3, 0.4) is 0 Å². The highest BCUT2D eigenvalue weighted by molar-refractivity contribution is 8.00. The van der Waals surface area contributed by atoms with Crippen molar-refractivity contribution < 1.29 is 9.18 Å². The Morgan fingerprint density at radius 3 is 2.62 bits per heavy atom. The second kappa shape index (κ2) is 6.01. The van der Waals surface area contributed by atoms with Crippen LogP contribution in [0.4, 0.5) is 4.39 Å². The molecule has 3 rings (SSSR count). The molecule has 0 unspecified atom stereocenters. The molecule has 0 aliphatic rings. The number of carbonyl (C=O) groups excluding carboxylic acids is 1. The van der Waals surface area contributed by atoms with Crippen LogP contribution >= 0.6 is 11.8 Å². The Hall–Kier alpha value is -2.27. The van der Waals surface area contributed by atoms with Gasteiger partial charge in [-0.1, -0.05) is 30.0 Å². The maximum absolute atomic E-state index is 12.8.